The Morgan fingerprint density at radius 3 is 2.71 bits per heavy atom. The Hall–Kier alpha value is -2.95. The highest BCUT2D eigenvalue weighted by atomic mass is 32.2. The van der Waals surface area contributed by atoms with Gasteiger partial charge >= 0.3 is 5.97 Å². The fourth-order valence-corrected chi connectivity index (χ4v) is 6.23. The van der Waals surface area contributed by atoms with Crippen molar-refractivity contribution in [2.75, 3.05) is 18.2 Å². The average molecular weight is 447 g/mol. The number of carboxylic acids is 1. The van der Waals surface area contributed by atoms with E-state index in [-0.39, 0.29) is 31.6 Å². The molecule has 1 aromatic carbocycles. The van der Waals surface area contributed by atoms with Crippen LogP contribution in [0.1, 0.15) is 20.3 Å². The number of hydrogen-bond acceptors (Lipinski definition) is 7. The molecule has 4 aliphatic rings. The summed E-state index contributed by atoms with van der Waals surface area (Å²) >= 11 is 1.37. The molecule has 3 saturated heterocycles. The second-order valence-electron chi connectivity index (χ2n) is 8.53. The van der Waals surface area contributed by atoms with Crippen molar-refractivity contribution in [2.45, 2.75) is 42.5 Å². The van der Waals surface area contributed by atoms with Crippen molar-refractivity contribution < 1.29 is 33.8 Å². The Kier molecular flexibility index (Phi) is 4.37. The lowest BCUT2D eigenvalue weighted by atomic mass is 9.95. The number of nitrogens with one attached hydrogen (secondary N) is 1. The van der Waals surface area contributed by atoms with E-state index in [0.29, 0.717) is 17.2 Å². The number of carbonyl (C=O) groups excluding carboxylic acids is 3. The molecule has 10 nitrogen and oxygen atoms in total. The first kappa shape index (κ1) is 20.0. The maximum atomic E-state index is 12.8. The molecule has 4 atom stereocenters. The molecular weight excluding hydrogens is 426 g/mol. The summed E-state index contributed by atoms with van der Waals surface area (Å²) in [7, 11) is 0. The molecule has 164 valence electrons. The third-order valence-corrected chi connectivity index (χ3v) is 7.71. The summed E-state index contributed by atoms with van der Waals surface area (Å²) in [5.41, 5.74) is 0.618. The van der Waals surface area contributed by atoms with Crippen molar-refractivity contribution in [1.82, 2.24) is 10.2 Å². The Morgan fingerprint density at radius 2 is 1.97 bits per heavy atom. The Balaban J connectivity index is 1.26. The van der Waals surface area contributed by atoms with E-state index in [9.17, 15) is 24.3 Å². The Morgan fingerprint density at radius 1 is 1.23 bits per heavy atom. The first-order valence-electron chi connectivity index (χ1n) is 9.90. The number of amides is 3. The van der Waals surface area contributed by atoms with Crippen molar-refractivity contribution in [2.24, 2.45) is 5.92 Å². The van der Waals surface area contributed by atoms with Crippen LogP contribution in [0.5, 0.6) is 11.5 Å². The van der Waals surface area contributed by atoms with E-state index >= 15 is 0 Å². The van der Waals surface area contributed by atoms with Gasteiger partial charge in [-0.3, -0.25) is 14.4 Å². The summed E-state index contributed by atoms with van der Waals surface area (Å²) < 4.78 is 9.97. The second-order valence-corrected chi connectivity index (χ2v) is 10.3. The number of fused-ring (bicyclic) bond motifs is 2. The molecule has 1 unspecified atom stereocenters. The molecule has 0 aliphatic carbocycles. The van der Waals surface area contributed by atoms with Crippen molar-refractivity contribution in [3.63, 3.8) is 0 Å². The van der Waals surface area contributed by atoms with E-state index < -0.39 is 40.0 Å². The van der Waals surface area contributed by atoms with Gasteiger partial charge in [0.25, 0.3) is 0 Å². The van der Waals surface area contributed by atoms with Gasteiger partial charge in [0.2, 0.25) is 24.5 Å². The second kappa shape index (κ2) is 6.78. The van der Waals surface area contributed by atoms with Crippen LogP contribution in [-0.2, 0) is 19.2 Å². The maximum absolute atomic E-state index is 12.8. The lowest BCUT2D eigenvalue weighted by molar-refractivity contribution is -0.161. The van der Waals surface area contributed by atoms with Crippen LogP contribution in [0.3, 0.4) is 0 Å². The fourth-order valence-electron chi connectivity index (χ4n) is 4.60. The minimum absolute atomic E-state index is 0.0337. The number of ether oxygens (including phenoxy) is 2. The molecular formula is C20H21N3O7S. The van der Waals surface area contributed by atoms with E-state index in [0.717, 1.165) is 0 Å². The Labute approximate surface area is 181 Å². The zero-order valence-electron chi connectivity index (χ0n) is 16.9. The summed E-state index contributed by atoms with van der Waals surface area (Å²) in [5, 5.41) is 11.8. The number of thioether (sulfide) groups is 1. The lowest BCUT2D eigenvalue weighted by Crippen LogP contribution is -2.71. The minimum Gasteiger partial charge on any atom is -0.480 e. The molecule has 0 bridgehead atoms. The van der Waals surface area contributed by atoms with Crippen LogP contribution in [0.15, 0.2) is 18.2 Å². The van der Waals surface area contributed by atoms with Gasteiger partial charge in [-0.15, -0.1) is 11.8 Å². The number of β-lactam (4-membered cyclic amide) rings is 1. The van der Waals surface area contributed by atoms with Crippen LogP contribution in [-0.4, -0.2) is 69.2 Å². The molecule has 0 saturated carbocycles. The largest absolute Gasteiger partial charge is 0.480 e. The predicted octanol–water partition coefficient (Wildman–Crippen LogP) is 0.400. The molecule has 4 aliphatic heterocycles. The molecule has 2 N–H and O–H groups in total. The number of aliphatic carboxylic acids is 1. The summed E-state index contributed by atoms with van der Waals surface area (Å²) in [6, 6.07) is 3.45. The number of rotatable bonds is 4. The number of benzene rings is 1. The van der Waals surface area contributed by atoms with Gasteiger partial charge in [0.15, 0.2) is 11.5 Å². The molecule has 0 aromatic heterocycles. The van der Waals surface area contributed by atoms with E-state index in [1.165, 1.54) is 21.6 Å². The third kappa shape index (κ3) is 3.01. The van der Waals surface area contributed by atoms with E-state index in [2.05, 4.69) is 5.32 Å². The minimum atomic E-state index is -1.06. The standard InChI is InChI=1S/C20H21N3O7S/c1-20(2)15(19(27)28)23-17(26)14(18(23)31-20)21-16(25)9-5-13(24)22(7-9)10-3-4-11-12(6-10)30-8-29-11/h3-4,6,9,14-15,18H,5,7-8H2,1-2H3,(H,21,25)(H,27,28)/t9?,14-,15+,18-/m1/s1. The van der Waals surface area contributed by atoms with Gasteiger partial charge in [-0.1, -0.05) is 0 Å². The number of anilines is 1. The average Bonchev–Trinajstić information content (AvgIpc) is 3.39. The molecule has 4 heterocycles. The molecule has 31 heavy (non-hydrogen) atoms. The molecule has 3 amide bonds. The van der Waals surface area contributed by atoms with Crippen LogP contribution in [0.2, 0.25) is 0 Å². The van der Waals surface area contributed by atoms with E-state index in [4.69, 9.17) is 9.47 Å². The van der Waals surface area contributed by atoms with Gasteiger partial charge in [0, 0.05) is 29.5 Å². The molecule has 5 rings (SSSR count). The summed E-state index contributed by atoms with van der Waals surface area (Å²) in [6.07, 6.45) is 0.0337. The smallest absolute Gasteiger partial charge is 0.327 e. The number of hydrogen-bond donors (Lipinski definition) is 2. The van der Waals surface area contributed by atoms with Crippen molar-refractivity contribution in [3.05, 3.63) is 18.2 Å². The molecule has 1 aromatic rings. The highest BCUT2D eigenvalue weighted by Gasteiger charge is 2.64. The summed E-state index contributed by atoms with van der Waals surface area (Å²) in [6.45, 7) is 3.87. The van der Waals surface area contributed by atoms with Gasteiger partial charge in [-0.05, 0) is 26.0 Å². The molecule has 3 fully saturated rings. The SMILES string of the molecule is CC1(C)S[C@@H]2[C@H](NC(=O)C3CC(=O)N(c4ccc5c(c4)OCO5)C3)C(=O)N2[C@H]1C(=O)O. The first-order valence-corrected chi connectivity index (χ1v) is 10.8. The number of nitrogens with zero attached hydrogens (tertiary/aromatic N) is 2. The van der Waals surface area contributed by atoms with Crippen LogP contribution < -0.4 is 19.7 Å². The van der Waals surface area contributed by atoms with Gasteiger partial charge in [-0.25, -0.2) is 4.79 Å². The molecule has 0 radical (unpaired) electrons. The van der Waals surface area contributed by atoms with Crippen molar-refractivity contribution >= 4 is 41.1 Å². The maximum Gasteiger partial charge on any atom is 0.327 e. The van der Waals surface area contributed by atoms with Crippen molar-refractivity contribution in [3.8, 4) is 11.5 Å². The highest BCUT2D eigenvalue weighted by molar-refractivity contribution is 8.01. The zero-order valence-corrected chi connectivity index (χ0v) is 17.7. The van der Waals surface area contributed by atoms with Gasteiger partial charge in [-0.2, -0.15) is 0 Å². The van der Waals surface area contributed by atoms with Crippen LogP contribution in [0.4, 0.5) is 5.69 Å². The Bertz CT molecular complexity index is 1010. The highest BCUT2D eigenvalue weighted by Crippen LogP contribution is 2.50. The molecule has 11 heteroatoms. The van der Waals surface area contributed by atoms with Crippen molar-refractivity contribution in [1.29, 1.82) is 0 Å². The lowest BCUT2D eigenvalue weighted by Gasteiger charge is -2.43. The summed E-state index contributed by atoms with van der Waals surface area (Å²) in [4.78, 5) is 52.4. The van der Waals surface area contributed by atoms with E-state index in [1.54, 1.807) is 32.0 Å². The topological polar surface area (TPSA) is 125 Å². The van der Waals surface area contributed by atoms with Gasteiger partial charge < -0.3 is 29.7 Å². The van der Waals surface area contributed by atoms with Crippen LogP contribution >= 0.6 is 11.8 Å². The van der Waals surface area contributed by atoms with Gasteiger partial charge in [0.05, 0.1) is 5.92 Å². The number of carboxylic acid groups (broad SMARTS) is 1. The summed E-state index contributed by atoms with van der Waals surface area (Å²) in [5.74, 6) is -1.48. The monoisotopic (exact) mass is 447 g/mol. The zero-order chi connectivity index (χ0) is 22.1. The van der Waals surface area contributed by atoms with Gasteiger partial charge in [0.1, 0.15) is 17.5 Å². The van der Waals surface area contributed by atoms with Crippen LogP contribution in [0, 0.1) is 5.92 Å². The molecule has 0 spiro atoms. The first-order chi connectivity index (χ1) is 14.7. The normalized spacial score (nSPS) is 30.3. The van der Waals surface area contributed by atoms with Crippen LogP contribution in [0.25, 0.3) is 0 Å². The predicted molar refractivity (Wildman–Crippen MR) is 109 cm³/mol. The quantitative estimate of drug-likeness (QED) is 0.636. The van der Waals surface area contributed by atoms with E-state index in [1.807, 2.05) is 0 Å². The number of carbonyl (C=O) groups is 4. The fraction of sp³-hybridized carbons (Fsp3) is 0.500. The third-order valence-electron chi connectivity index (χ3n) is 6.14.